The third-order valence-electron chi connectivity index (χ3n) is 3.73. The van der Waals surface area contributed by atoms with Crippen molar-refractivity contribution in [2.75, 3.05) is 26.0 Å². The first-order valence-corrected chi connectivity index (χ1v) is 8.09. The number of rotatable bonds is 8. The van der Waals surface area contributed by atoms with Crippen molar-refractivity contribution in [3.05, 3.63) is 23.8 Å². The standard InChI is InChI=1S/C17H24N2O6/c1-18-8-16(22)19-13-7-11(10-23-2)3-6-15(13)25-17-14(21)5-4-12(9-20)24-17/h3,6-7,9,12,14,17-18,21H,4-5,8,10H2,1-2H3,(H,19,22). The van der Waals surface area contributed by atoms with Crippen LogP contribution in [0.5, 0.6) is 5.75 Å². The fourth-order valence-corrected chi connectivity index (χ4v) is 2.52. The van der Waals surface area contributed by atoms with Crippen LogP contribution in [-0.2, 0) is 25.7 Å². The molecule has 3 atom stereocenters. The Balaban J connectivity index is 2.19. The molecular weight excluding hydrogens is 328 g/mol. The van der Waals surface area contributed by atoms with E-state index >= 15 is 0 Å². The van der Waals surface area contributed by atoms with Crippen molar-refractivity contribution in [3.63, 3.8) is 0 Å². The predicted molar refractivity (Wildman–Crippen MR) is 90.3 cm³/mol. The third-order valence-corrected chi connectivity index (χ3v) is 3.73. The van der Waals surface area contributed by atoms with E-state index in [4.69, 9.17) is 14.2 Å². The van der Waals surface area contributed by atoms with Gasteiger partial charge in [0.15, 0.2) is 0 Å². The molecule has 2 rings (SSSR count). The van der Waals surface area contributed by atoms with E-state index < -0.39 is 18.5 Å². The fraction of sp³-hybridized carbons (Fsp3) is 0.529. The number of likely N-dealkylation sites (N-methyl/N-ethyl adjacent to an activating group) is 1. The lowest BCUT2D eigenvalue weighted by Gasteiger charge is -2.32. The zero-order chi connectivity index (χ0) is 18.2. The molecule has 1 aliphatic heterocycles. The lowest BCUT2D eigenvalue weighted by atomic mass is 10.1. The number of anilines is 1. The lowest BCUT2D eigenvalue weighted by Crippen LogP contribution is -2.43. The van der Waals surface area contributed by atoms with Gasteiger partial charge in [-0.3, -0.25) is 4.79 Å². The quantitative estimate of drug-likeness (QED) is 0.583. The summed E-state index contributed by atoms with van der Waals surface area (Å²) in [6.07, 6.45) is -0.892. The van der Waals surface area contributed by atoms with Gasteiger partial charge in [0.05, 0.1) is 18.8 Å². The van der Waals surface area contributed by atoms with Gasteiger partial charge in [-0.2, -0.15) is 0 Å². The number of methoxy groups -OCH3 is 1. The Labute approximate surface area is 146 Å². The van der Waals surface area contributed by atoms with Crippen molar-refractivity contribution >= 4 is 17.9 Å². The van der Waals surface area contributed by atoms with Crippen LogP contribution < -0.4 is 15.4 Å². The van der Waals surface area contributed by atoms with Crippen molar-refractivity contribution in [2.24, 2.45) is 0 Å². The summed E-state index contributed by atoms with van der Waals surface area (Å²) in [5.41, 5.74) is 1.30. The molecule has 3 unspecified atom stereocenters. The topological polar surface area (TPSA) is 106 Å². The van der Waals surface area contributed by atoms with Crippen LogP contribution in [0.2, 0.25) is 0 Å². The van der Waals surface area contributed by atoms with E-state index in [-0.39, 0.29) is 12.5 Å². The zero-order valence-electron chi connectivity index (χ0n) is 14.4. The largest absolute Gasteiger partial charge is 0.460 e. The average Bonchev–Trinajstić information content (AvgIpc) is 2.59. The molecule has 1 aromatic carbocycles. The Morgan fingerprint density at radius 1 is 1.44 bits per heavy atom. The molecule has 3 N–H and O–H groups in total. The first-order chi connectivity index (χ1) is 12.1. The molecule has 138 valence electrons. The van der Waals surface area contributed by atoms with Crippen LogP contribution >= 0.6 is 0 Å². The summed E-state index contributed by atoms with van der Waals surface area (Å²) < 4.78 is 16.3. The van der Waals surface area contributed by atoms with E-state index in [0.717, 1.165) is 5.56 Å². The summed E-state index contributed by atoms with van der Waals surface area (Å²) in [4.78, 5) is 22.8. The highest BCUT2D eigenvalue weighted by atomic mass is 16.7. The number of hydrogen-bond donors (Lipinski definition) is 3. The van der Waals surface area contributed by atoms with Crippen LogP contribution in [0.25, 0.3) is 0 Å². The van der Waals surface area contributed by atoms with Gasteiger partial charge >= 0.3 is 0 Å². The maximum Gasteiger partial charge on any atom is 0.238 e. The smallest absolute Gasteiger partial charge is 0.238 e. The molecule has 0 saturated carbocycles. The molecule has 0 aliphatic carbocycles. The van der Waals surface area contributed by atoms with Gasteiger partial charge in [0.2, 0.25) is 12.2 Å². The third kappa shape index (κ3) is 5.50. The number of aldehydes is 1. The Bertz CT molecular complexity index is 595. The van der Waals surface area contributed by atoms with Gasteiger partial charge in [0.1, 0.15) is 24.2 Å². The number of nitrogens with one attached hydrogen (secondary N) is 2. The molecule has 1 fully saturated rings. The Kier molecular flexibility index (Phi) is 7.32. The highest BCUT2D eigenvalue weighted by molar-refractivity contribution is 5.93. The van der Waals surface area contributed by atoms with E-state index in [0.29, 0.717) is 37.2 Å². The molecular formula is C17H24N2O6. The number of benzene rings is 1. The highest BCUT2D eigenvalue weighted by Crippen LogP contribution is 2.30. The number of aliphatic hydroxyl groups is 1. The van der Waals surface area contributed by atoms with Crippen molar-refractivity contribution in [3.8, 4) is 5.75 Å². The number of carbonyl (C=O) groups is 2. The van der Waals surface area contributed by atoms with Gasteiger partial charge in [-0.15, -0.1) is 0 Å². The second kappa shape index (κ2) is 9.47. The van der Waals surface area contributed by atoms with Crippen LogP contribution in [0, 0.1) is 0 Å². The minimum Gasteiger partial charge on any atom is -0.460 e. The molecule has 0 aromatic heterocycles. The minimum atomic E-state index is -0.975. The maximum atomic E-state index is 11.9. The van der Waals surface area contributed by atoms with Gasteiger partial charge in [0, 0.05) is 7.11 Å². The van der Waals surface area contributed by atoms with Gasteiger partial charge in [0.25, 0.3) is 0 Å². The number of amides is 1. The van der Waals surface area contributed by atoms with Crippen LogP contribution in [0.15, 0.2) is 18.2 Å². The molecule has 0 bridgehead atoms. The van der Waals surface area contributed by atoms with E-state index in [2.05, 4.69) is 10.6 Å². The molecule has 25 heavy (non-hydrogen) atoms. The Morgan fingerprint density at radius 3 is 2.92 bits per heavy atom. The normalized spacial score (nSPS) is 23.1. The fourth-order valence-electron chi connectivity index (χ4n) is 2.52. The summed E-state index contributed by atoms with van der Waals surface area (Å²) in [5.74, 6) is 0.109. The Hall–Kier alpha value is -2.00. The number of hydrogen-bond acceptors (Lipinski definition) is 7. The molecule has 1 amide bonds. The van der Waals surface area contributed by atoms with E-state index in [1.807, 2.05) is 0 Å². The number of carbonyl (C=O) groups excluding carboxylic acids is 2. The molecule has 1 heterocycles. The SMILES string of the molecule is CNCC(=O)Nc1cc(COC)ccc1OC1OC(C=O)CCC1O. The van der Waals surface area contributed by atoms with Crippen molar-refractivity contribution in [1.82, 2.24) is 5.32 Å². The average molecular weight is 352 g/mol. The van der Waals surface area contributed by atoms with Crippen LogP contribution in [-0.4, -0.2) is 56.5 Å². The van der Waals surface area contributed by atoms with Crippen molar-refractivity contribution in [2.45, 2.75) is 37.9 Å². The number of aliphatic hydroxyl groups excluding tert-OH is 1. The molecule has 1 aliphatic rings. The van der Waals surface area contributed by atoms with Crippen molar-refractivity contribution in [1.29, 1.82) is 0 Å². The Morgan fingerprint density at radius 2 is 2.24 bits per heavy atom. The molecule has 0 radical (unpaired) electrons. The summed E-state index contributed by atoms with van der Waals surface area (Å²) in [6.45, 7) is 0.522. The second-order valence-electron chi connectivity index (χ2n) is 5.78. The molecule has 1 aromatic rings. The van der Waals surface area contributed by atoms with Gasteiger partial charge < -0.3 is 34.7 Å². The minimum absolute atomic E-state index is 0.143. The summed E-state index contributed by atoms with van der Waals surface area (Å²) in [7, 11) is 3.25. The van der Waals surface area contributed by atoms with Crippen molar-refractivity contribution < 1.29 is 28.9 Å². The highest BCUT2D eigenvalue weighted by Gasteiger charge is 2.32. The lowest BCUT2D eigenvalue weighted by molar-refractivity contribution is -0.197. The van der Waals surface area contributed by atoms with E-state index in [1.54, 1.807) is 32.4 Å². The maximum absolute atomic E-state index is 11.9. The van der Waals surface area contributed by atoms with Crippen LogP contribution in [0.3, 0.4) is 0 Å². The van der Waals surface area contributed by atoms with Gasteiger partial charge in [-0.05, 0) is 37.6 Å². The van der Waals surface area contributed by atoms with Gasteiger partial charge in [-0.25, -0.2) is 0 Å². The monoisotopic (exact) mass is 352 g/mol. The zero-order valence-corrected chi connectivity index (χ0v) is 14.4. The first kappa shape index (κ1) is 19.3. The van der Waals surface area contributed by atoms with E-state index in [9.17, 15) is 14.7 Å². The molecule has 1 saturated heterocycles. The van der Waals surface area contributed by atoms with E-state index in [1.165, 1.54) is 0 Å². The van der Waals surface area contributed by atoms with Crippen LogP contribution in [0.4, 0.5) is 5.69 Å². The first-order valence-electron chi connectivity index (χ1n) is 8.09. The summed E-state index contributed by atoms with van der Waals surface area (Å²) in [6, 6.07) is 5.20. The summed E-state index contributed by atoms with van der Waals surface area (Å²) >= 11 is 0. The number of ether oxygens (including phenoxy) is 3. The second-order valence-corrected chi connectivity index (χ2v) is 5.78. The predicted octanol–water partition coefficient (Wildman–Crippen LogP) is 0.435. The van der Waals surface area contributed by atoms with Crippen LogP contribution in [0.1, 0.15) is 18.4 Å². The molecule has 8 heteroatoms. The molecule has 0 spiro atoms. The van der Waals surface area contributed by atoms with Gasteiger partial charge in [-0.1, -0.05) is 6.07 Å². The molecule has 8 nitrogen and oxygen atoms in total. The summed E-state index contributed by atoms with van der Waals surface area (Å²) in [5, 5.41) is 15.6.